The van der Waals surface area contributed by atoms with Crippen LogP contribution in [0.25, 0.3) is 0 Å². The topological polar surface area (TPSA) is 0 Å². The Morgan fingerprint density at radius 2 is 1.44 bits per heavy atom. The molecule has 2 aromatic rings. The zero-order valence-corrected chi connectivity index (χ0v) is 9.18. The number of halogens is 3. The van der Waals surface area contributed by atoms with Gasteiger partial charge in [0.1, 0.15) is 0 Å². The van der Waals surface area contributed by atoms with E-state index in [1.165, 1.54) is 6.07 Å². The molecule has 0 nitrogen and oxygen atoms in total. The highest BCUT2D eigenvalue weighted by Crippen LogP contribution is 2.16. The molecule has 0 N–H and O–H groups in total. The van der Waals surface area contributed by atoms with Gasteiger partial charge in [0.2, 0.25) is 0 Å². The van der Waals surface area contributed by atoms with Crippen molar-refractivity contribution in [2.24, 2.45) is 0 Å². The Morgan fingerprint density at radius 1 is 0.750 bits per heavy atom. The van der Waals surface area contributed by atoms with Gasteiger partial charge in [-0.25, -0.2) is 13.2 Å². The molecule has 0 aliphatic heterocycles. The summed E-state index contributed by atoms with van der Waals surface area (Å²) in [6.07, 6.45) is 0. The lowest BCUT2D eigenvalue weighted by molar-refractivity contribution is 0.451. The van der Waals surface area contributed by atoms with Crippen LogP contribution in [0, 0.1) is 17.5 Å². The third kappa shape index (κ3) is 2.25. The van der Waals surface area contributed by atoms with Gasteiger partial charge < -0.3 is 0 Å². The summed E-state index contributed by atoms with van der Waals surface area (Å²) in [6.45, 7) is 0. The van der Waals surface area contributed by atoms with Crippen molar-refractivity contribution in [1.29, 1.82) is 0 Å². The fourth-order valence-electron chi connectivity index (χ4n) is 1.30. The van der Waals surface area contributed by atoms with Crippen LogP contribution >= 0.6 is 8.58 Å². The summed E-state index contributed by atoms with van der Waals surface area (Å²) in [5.74, 6) is -3.65. The van der Waals surface area contributed by atoms with E-state index in [0.717, 1.165) is 11.4 Å². The molecule has 2 rings (SSSR count). The molecular weight excluding hydrogens is 232 g/mol. The third-order valence-corrected chi connectivity index (χ3v) is 3.37. The van der Waals surface area contributed by atoms with Crippen molar-refractivity contribution >= 4 is 19.2 Å². The van der Waals surface area contributed by atoms with Crippen LogP contribution in [0.15, 0.2) is 42.5 Å². The summed E-state index contributed by atoms with van der Waals surface area (Å²) in [5.41, 5.74) is 0. The number of rotatable bonds is 2. The molecule has 0 radical (unpaired) electrons. The standard InChI is InChI=1S/C12H8F3P/c13-9-6-7-10(12(15)11(9)14)16-8-4-2-1-3-5-8/h1-7,16H. The molecule has 16 heavy (non-hydrogen) atoms. The lowest BCUT2D eigenvalue weighted by Gasteiger charge is -2.04. The number of hydrogen-bond acceptors (Lipinski definition) is 0. The predicted octanol–water partition coefficient (Wildman–Crippen LogP) is 2.73. The van der Waals surface area contributed by atoms with Crippen LogP contribution in [0.5, 0.6) is 0 Å². The Labute approximate surface area is 92.9 Å². The van der Waals surface area contributed by atoms with Crippen molar-refractivity contribution in [3.63, 3.8) is 0 Å². The molecule has 0 heterocycles. The smallest absolute Gasteiger partial charge is 0.195 e. The molecule has 0 fully saturated rings. The predicted molar refractivity (Wildman–Crippen MR) is 60.3 cm³/mol. The van der Waals surface area contributed by atoms with Gasteiger partial charge in [-0.2, -0.15) is 0 Å². The van der Waals surface area contributed by atoms with Crippen LogP contribution in [-0.2, 0) is 0 Å². The first-order valence-electron chi connectivity index (χ1n) is 4.64. The molecule has 0 bridgehead atoms. The normalized spacial score (nSPS) is 11.2. The lowest BCUT2D eigenvalue weighted by atomic mass is 10.3. The molecular formula is C12H8F3P. The highest BCUT2D eigenvalue weighted by molar-refractivity contribution is 7.55. The van der Waals surface area contributed by atoms with Gasteiger partial charge in [0.25, 0.3) is 0 Å². The van der Waals surface area contributed by atoms with E-state index >= 15 is 0 Å². The van der Waals surface area contributed by atoms with Crippen molar-refractivity contribution in [1.82, 2.24) is 0 Å². The zero-order valence-electron chi connectivity index (χ0n) is 8.18. The SMILES string of the molecule is Fc1ccc(Pc2ccccc2)c(F)c1F. The highest BCUT2D eigenvalue weighted by atomic mass is 31.1. The summed E-state index contributed by atoms with van der Waals surface area (Å²) < 4.78 is 39.0. The van der Waals surface area contributed by atoms with Crippen molar-refractivity contribution in [2.45, 2.75) is 0 Å². The molecule has 0 aliphatic rings. The van der Waals surface area contributed by atoms with Crippen molar-refractivity contribution in [3.8, 4) is 0 Å². The summed E-state index contributed by atoms with van der Waals surface area (Å²) >= 11 is 0. The molecule has 2 aromatic carbocycles. The second kappa shape index (κ2) is 4.67. The first kappa shape index (κ1) is 11.2. The quantitative estimate of drug-likeness (QED) is 0.559. The van der Waals surface area contributed by atoms with Gasteiger partial charge in [-0.3, -0.25) is 0 Å². The number of benzene rings is 2. The minimum Gasteiger partial charge on any atom is -0.204 e. The second-order valence-corrected chi connectivity index (χ2v) is 4.58. The van der Waals surface area contributed by atoms with Crippen LogP contribution in [-0.4, -0.2) is 0 Å². The maximum absolute atomic E-state index is 13.3. The highest BCUT2D eigenvalue weighted by Gasteiger charge is 2.13. The zero-order chi connectivity index (χ0) is 11.5. The average Bonchev–Trinajstić information content (AvgIpc) is 2.31. The number of hydrogen-bond donors (Lipinski definition) is 0. The van der Waals surface area contributed by atoms with E-state index in [1.54, 1.807) is 0 Å². The van der Waals surface area contributed by atoms with Crippen molar-refractivity contribution in [2.75, 3.05) is 0 Å². The van der Waals surface area contributed by atoms with Gasteiger partial charge in [-0.1, -0.05) is 38.9 Å². The molecule has 4 heteroatoms. The van der Waals surface area contributed by atoms with E-state index in [4.69, 9.17) is 0 Å². The largest absolute Gasteiger partial charge is 0.204 e. The maximum Gasteiger partial charge on any atom is 0.195 e. The van der Waals surface area contributed by atoms with E-state index in [0.29, 0.717) is 0 Å². The summed E-state index contributed by atoms with van der Waals surface area (Å²) in [5, 5.41) is 1.07. The van der Waals surface area contributed by atoms with Crippen LogP contribution < -0.4 is 10.6 Å². The molecule has 0 amide bonds. The molecule has 0 saturated heterocycles. The maximum atomic E-state index is 13.3. The van der Waals surface area contributed by atoms with E-state index in [2.05, 4.69) is 0 Å². The Balaban J connectivity index is 2.33. The van der Waals surface area contributed by atoms with E-state index in [9.17, 15) is 13.2 Å². The van der Waals surface area contributed by atoms with Crippen LogP contribution in [0.1, 0.15) is 0 Å². The second-order valence-electron chi connectivity index (χ2n) is 3.21. The fraction of sp³-hybridized carbons (Fsp3) is 0. The molecule has 0 aliphatic carbocycles. The Bertz CT molecular complexity index is 497. The Hall–Kier alpha value is -1.34. The Kier molecular flexibility index (Phi) is 3.25. The minimum atomic E-state index is -1.40. The van der Waals surface area contributed by atoms with Crippen molar-refractivity contribution < 1.29 is 13.2 Å². The summed E-state index contributed by atoms with van der Waals surface area (Å²) in [6, 6.07) is 11.3. The van der Waals surface area contributed by atoms with E-state index < -0.39 is 17.5 Å². The first-order valence-corrected chi connectivity index (χ1v) is 5.64. The van der Waals surface area contributed by atoms with Gasteiger partial charge in [-0.05, 0) is 17.4 Å². The van der Waals surface area contributed by atoms with E-state index in [-0.39, 0.29) is 13.9 Å². The van der Waals surface area contributed by atoms with Gasteiger partial charge in [-0.15, -0.1) is 0 Å². The molecule has 0 saturated carbocycles. The first-order chi connectivity index (χ1) is 7.68. The summed E-state index contributed by atoms with van der Waals surface area (Å²) in [4.78, 5) is 0. The molecule has 1 unspecified atom stereocenters. The molecule has 82 valence electrons. The van der Waals surface area contributed by atoms with Gasteiger partial charge in [0.15, 0.2) is 17.5 Å². The lowest BCUT2D eigenvalue weighted by Crippen LogP contribution is -2.10. The monoisotopic (exact) mass is 240 g/mol. The van der Waals surface area contributed by atoms with Crippen molar-refractivity contribution in [3.05, 3.63) is 59.9 Å². The van der Waals surface area contributed by atoms with Crippen LogP contribution in [0.4, 0.5) is 13.2 Å². The van der Waals surface area contributed by atoms with Crippen LogP contribution in [0.2, 0.25) is 0 Å². The Morgan fingerprint density at radius 3 is 2.12 bits per heavy atom. The molecule has 0 aromatic heterocycles. The third-order valence-electron chi connectivity index (χ3n) is 2.09. The van der Waals surface area contributed by atoms with Gasteiger partial charge in [0.05, 0.1) is 0 Å². The van der Waals surface area contributed by atoms with Gasteiger partial charge >= 0.3 is 0 Å². The van der Waals surface area contributed by atoms with Gasteiger partial charge in [0, 0.05) is 5.30 Å². The molecule has 0 spiro atoms. The fourth-order valence-corrected chi connectivity index (χ4v) is 2.36. The summed E-state index contributed by atoms with van der Waals surface area (Å²) in [7, 11) is -0.0133. The molecule has 1 atom stereocenters. The average molecular weight is 240 g/mol. The minimum absolute atomic E-state index is 0.0133. The van der Waals surface area contributed by atoms with E-state index in [1.807, 2.05) is 30.3 Å². The van der Waals surface area contributed by atoms with Crippen LogP contribution in [0.3, 0.4) is 0 Å².